The highest BCUT2D eigenvalue weighted by atomic mass is 16.3. The summed E-state index contributed by atoms with van der Waals surface area (Å²) < 4.78 is 0. The van der Waals surface area contributed by atoms with E-state index in [1.54, 1.807) is 11.1 Å². The minimum Gasteiger partial charge on any atom is -0.393 e. The van der Waals surface area contributed by atoms with Gasteiger partial charge in [0.15, 0.2) is 0 Å². The van der Waals surface area contributed by atoms with Crippen molar-refractivity contribution in [2.45, 2.75) is 125 Å². The van der Waals surface area contributed by atoms with Crippen LogP contribution < -0.4 is 0 Å². The van der Waals surface area contributed by atoms with Crippen LogP contribution in [0.25, 0.3) is 0 Å². The van der Waals surface area contributed by atoms with Crippen LogP contribution >= 0.6 is 0 Å². The molecule has 0 aromatic heterocycles. The fourth-order valence-electron chi connectivity index (χ4n) is 8.66. The summed E-state index contributed by atoms with van der Waals surface area (Å²) in [4.78, 5) is 0. The molecule has 0 bridgehead atoms. The highest BCUT2D eigenvalue weighted by Gasteiger charge is 2.54. The summed E-state index contributed by atoms with van der Waals surface area (Å²) in [7, 11) is 0. The molecule has 0 amide bonds. The monoisotopic (exact) mass is 438 g/mol. The van der Waals surface area contributed by atoms with Crippen LogP contribution in [0.1, 0.15) is 119 Å². The number of hydrogen-bond acceptors (Lipinski definition) is 1. The molecule has 0 spiro atoms. The van der Waals surface area contributed by atoms with E-state index >= 15 is 0 Å². The predicted molar refractivity (Wildman–Crippen MR) is 137 cm³/mol. The number of aliphatic hydroxyl groups is 1. The van der Waals surface area contributed by atoms with E-state index in [4.69, 9.17) is 0 Å². The Hall–Kier alpha value is -0.820. The number of hydrogen-bond donors (Lipinski definition) is 1. The SMILES string of the molecule is CCCCC1C2CCC3=C(CC[C@@]4(C)C3=CC[C@@H]4[C@H](C)CCC=C(C)C)[C@@]2(C)CC[C@@H]1O. The van der Waals surface area contributed by atoms with Crippen molar-refractivity contribution < 1.29 is 5.11 Å². The van der Waals surface area contributed by atoms with Crippen LogP contribution in [0.4, 0.5) is 0 Å². The molecule has 1 saturated carbocycles. The molecule has 0 saturated heterocycles. The maximum atomic E-state index is 10.9. The third kappa shape index (κ3) is 4.10. The molecule has 0 heterocycles. The summed E-state index contributed by atoms with van der Waals surface area (Å²) in [6.07, 6.45) is 20.1. The van der Waals surface area contributed by atoms with Crippen LogP contribution in [-0.2, 0) is 0 Å². The molecule has 180 valence electrons. The van der Waals surface area contributed by atoms with Crippen molar-refractivity contribution in [2.75, 3.05) is 0 Å². The van der Waals surface area contributed by atoms with Gasteiger partial charge in [0.25, 0.3) is 0 Å². The molecule has 1 heteroatoms. The molecule has 0 aliphatic heterocycles. The average Bonchev–Trinajstić information content (AvgIpc) is 3.10. The van der Waals surface area contributed by atoms with Gasteiger partial charge < -0.3 is 5.11 Å². The first-order valence-electron chi connectivity index (χ1n) is 14.0. The van der Waals surface area contributed by atoms with Crippen molar-refractivity contribution in [1.29, 1.82) is 0 Å². The molecule has 4 rings (SSSR count). The standard InChI is InChI=1S/C31H50O/c1-7-8-12-24-27-14-13-23-26-16-15-25(22(4)11-9-10-21(2)3)30(26,5)19-17-28(23)31(27,6)20-18-29(24)32/h10,16,22,24-25,27,29,32H,7-9,11-15,17-20H2,1-6H3/t22-,24?,25-,27?,29+,30-,31+/m1/s1. The Morgan fingerprint density at radius 3 is 2.66 bits per heavy atom. The molecule has 1 nitrogen and oxygen atoms in total. The molecule has 2 unspecified atom stereocenters. The molecular formula is C31H50O. The van der Waals surface area contributed by atoms with Crippen LogP contribution in [0.2, 0.25) is 0 Å². The lowest BCUT2D eigenvalue weighted by molar-refractivity contribution is -0.0414. The van der Waals surface area contributed by atoms with Gasteiger partial charge in [0.1, 0.15) is 0 Å². The second kappa shape index (κ2) is 9.44. The van der Waals surface area contributed by atoms with Crippen LogP contribution in [0.3, 0.4) is 0 Å². The van der Waals surface area contributed by atoms with Gasteiger partial charge in [-0.3, -0.25) is 0 Å². The number of aliphatic hydroxyl groups excluding tert-OH is 1. The Kier molecular flexibility index (Phi) is 7.17. The van der Waals surface area contributed by atoms with Crippen molar-refractivity contribution in [3.05, 3.63) is 34.4 Å². The first-order valence-corrected chi connectivity index (χ1v) is 14.0. The molecular weight excluding hydrogens is 388 g/mol. The minimum absolute atomic E-state index is 0.0626. The second-order valence-electron chi connectivity index (χ2n) is 12.6. The van der Waals surface area contributed by atoms with E-state index in [1.165, 1.54) is 76.2 Å². The Morgan fingerprint density at radius 1 is 1.16 bits per heavy atom. The van der Waals surface area contributed by atoms with E-state index in [0.29, 0.717) is 22.7 Å². The number of fused-ring (bicyclic) bond motifs is 4. The van der Waals surface area contributed by atoms with Gasteiger partial charge in [-0.25, -0.2) is 0 Å². The van der Waals surface area contributed by atoms with Crippen molar-refractivity contribution in [3.8, 4) is 0 Å². The van der Waals surface area contributed by atoms with Gasteiger partial charge in [-0.15, -0.1) is 0 Å². The summed E-state index contributed by atoms with van der Waals surface area (Å²) in [6.45, 7) is 14.5. The van der Waals surface area contributed by atoms with Gasteiger partial charge in [0, 0.05) is 0 Å². The van der Waals surface area contributed by atoms with Crippen LogP contribution in [0.15, 0.2) is 34.4 Å². The maximum Gasteiger partial charge on any atom is 0.0571 e. The summed E-state index contributed by atoms with van der Waals surface area (Å²) in [6, 6.07) is 0. The molecule has 0 aromatic rings. The molecule has 4 aliphatic rings. The summed E-state index contributed by atoms with van der Waals surface area (Å²) in [5.74, 6) is 2.83. The van der Waals surface area contributed by atoms with E-state index in [9.17, 15) is 5.11 Å². The van der Waals surface area contributed by atoms with E-state index in [2.05, 4.69) is 53.7 Å². The number of allylic oxidation sites excluding steroid dienone is 6. The Labute approximate surface area is 198 Å². The third-order valence-electron chi connectivity index (χ3n) is 10.5. The van der Waals surface area contributed by atoms with Gasteiger partial charge in [-0.2, -0.15) is 0 Å². The zero-order valence-corrected chi connectivity index (χ0v) is 22.0. The van der Waals surface area contributed by atoms with Crippen molar-refractivity contribution in [2.24, 2.45) is 34.5 Å². The molecule has 0 aromatic carbocycles. The molecule has 0 radical (unpaired) electrons. The van der Waals surface area contributed by atoms with Crippen LogP contribution in [0.5, 0.6) is 0 Å². The average molecular weight is 439 g/mol. The Balaban J connectivity index is 1.57. The zero-order chi connectivity index (χ0) is 23.1. The second-order valence-corrected chi connectivity index (χ2v) is 12.6. The molecule has 7 atom stereocenters. The highest BCUT2D eigenvalue weighted by molar-refractivity contribution is 5.49. The smallest absolute Gasteiger partial charge is 0.0571 e. The van der Waals surface area contributed by atoms with Crippen molar-refractivity contribution >= 4 is 0 Å². The topological polar surface area (TPSA) is 20.2 Å². The Morgan fingerprint density at radius 2 is 1.94 bits per heavy atom. The first-order chi connectivity index (χ1) is 15.2. The van der Waals surface area contributed by atoms with Gasteiger partial charge >= 0.3 is 0 Å². The number of unbranched alkanes of at least 4 members (excludes halogenated alkanes) is 1. The fraction of sp³-hybridized carbons (Fsp3) is 0.806. The number of rotatable bonds is 7. The van der Waals surface area contributed by atoms with E-state index < -0.39 is 0 Å². The molecule has 4 aliphatic carbocycles. The maximum absolute atomic E-state index is 10.9. The fourth-order valence-corrected chi connectivity index (χ4v) is 8.66. The van der Waals surface area contributed by atoms with Crippen molar-refractivity contribution in [3.63, 3.8) is 0 Å². The first kappa shape index (κ1) is 24.3. The lowest BCUT2D eigenvalue weighted by atomic mass is 9.49. The summed E-state index contributed by atoms with van der Waals surface area (Å²) >= 11 is 0. The zero-order valence-electron chi connectivity index (χ0n) is 22.0. The molecule has 32 heavy (non-hydrogen) atoms. The van der Waals surface area contributed by atoms with E-state index in [-0.39, 0.29) is 6.10 Å². The molecule has 1 fully saturated rings. The lowest BCUT2D eigenvalue weighted by Gasteiger charge is -2.56. The summed E-state index contributed by atoms with van der Waals surface area (Å²) in [5.41, 5.74) is 7.54. The van der Waals surface area contributed by atoms with Gasteiger partial charge in [-0.1, -0.05) is 63.8 Å². The van der Waals surface area contributed by atoms with Gasteiger partial charge in [0.05, 0.1) is 6.10 Å². The largest absolute Gasteiger partial charge is 0.393 e. The van der Waals surface area contributed by atoms with E-state index in [1.807, 2.05) is 5.57 Å². The van der Waals surface area contributed by atoms with Crippen LogP contribution in [0, 0.1) is 34.5 Å². The van der Waals surface area contributed by atoms with Crippen LogP contribution in [-0.4, -0.2) is 11.2 Å². The third-order valence-corrected chi connectivity index (χ3v) is 10.5. The summed E-state index contributed by atoms with van der Waals surface area (Å²) in [5, 5.41) is 10.9. The normalized spacial score (nSPS) is 39.7. The minimum atomic E-state index is -0.0626. The highest BCUT2D eigenvalue weighted by Crippen LogP contribution is 2.65. The quantitative estimate of drug-likeness (QED) is 0.394. The van der Waals surface area contributed by atoms with E-state index in [0.717, 1.165) is 18.3 Å². The Bertz CT molecular complexity index is 780. The predicted octanol–water partition coefficient (Wildman–Crippen LogP) is 8.79. The van der Waals surface area contributed by atoms with Gasteiger partial charge in [-0.05, 0) is 124 Å². The van der Waals surface area contributed by atoms with Gasteiger partial charge in [0.2, 0.25) is 0 Å². The lowest BCUT2D eigenvalue weighted by Crippen LogP contribution is -2.48. The van der Waals surface area contributed by atoms with Crippen molar-refractivity contribution in [1.82, 2.24) is 0 Å². The molecule has 1 N–H and O–H groups in total.